The first-order chi connectivity index (χ1) is 7.08. The summed E-state index contributed by atoms with van der Waals surface area (Å²) >= 11 is 0. The molecule has 90 valence electrons. The van der Waals surface area contributed by atoms with Crippen molar-refractivity contribution in [3.8, 4) is 0 Å². The summed E-state index contributed by atoms with van der Waals surface area (Å²) in [6.45, 7) is 5.82. The van der Waals surface area contributed by atoms with Gasteiger partial charge >= 0.3 is 13.6 Å². The smallest absolute Gasteiger partial charge is 0.367 e. The SMILES string of the molecule is CCCC(=O)OCP(=O)(OCC)OCC. The van der Waals surface area contributed by atoms with Crippen LogP contribution in [-0.4, -0.2) is 25.5 Å². The summed E-state index contributed by atoms with van der Waals surface area (Å²) in [5.41, 5.74) is 0. The maximum absolute atomic E-state index is 11.8. The Morgan fingerprint density at radius 3 is 2.07 bits per heavy atom. The first-order valence-electron chi connectivity index (χ1n) is 5.11. The molecule has 0 rings (SSSR count). The van der Waals surface area contributed by atoms with E-state index in [4.69, 9.17) is 13.8 Å². The molecule has 0 saturated carbocycles. The lowest BCUT2D eigenvalue weighted by Crippen LogP contribution is -2.09. The highest BCUT2D eigenvalue weighted by molar-refractivity contribution is 7.53. The molecule has 0 bridgehead atoms. The van der Waals surface area contributed by atoms with Crippen LogP contribution in [0.3, 0.4) is 0 Å². The van der Waals surface area contributed by atoms with Crippen molar-refractivity contribution in [3.63, 3.8) is 0 Å². The molecular formula is C9H19O5P. The fourth-order valence-electron chi connectivity index (χ4n) is 0.933. The normalized spacial score (nSPS) is 11.4. The molecule has 0 saturated heterocycles. The molecule has 0 aliphatic rings. The van der Waals surface area contributed by atoms with E-state index in [9.17, 15) is 9.36 Å². The van der Waals surface area contributed by atoms with Gasteiger partial charge in [0.15, 0.2) is 6.35 Å². The highest BCUT2D eigenvalue weighted by Gasteiger charge is 2.25. The van der Waals surface area contributed by atoms with Crippen LogP contribution in [0.1, 0.15) is 33.6 Å². The van der Waals surface area contributed by atoms with Crippen LogP contribution in [0.4, 0.5) is 0 Å². The average molecular weight is 238 g/mol. The Kier molecular flexibility index (Phi) is 7.65. The van der Waals surface area contributed by atoms with E-state index in [-0.39, 0.29) is 25.5 Å². The number of carbonyl (C=O) groups excluding carboxylic acids is 1. The van der Waals surface area contributed by atoms with Gasteiger partial charge in [-0.05, 0) is 20.3 Å². The van der Waals surface area contributed by atoms with Crippen molar-refractivity contribution >= 4 is 13.6 Å². The number of hydrogen-bond acceptors (Lipinski definition) is 5. The lowest BCUT2D eigenvalue weighted by Gasteiger charge is -2.16. The molecule has 0 spiro atoms. The van der Waals surface area contributed by atoms with E-state index in [1.165, 1.54) is 0 Å². The van der Waals surface area contributed by atoms with Gasteiger partial charge in [0, 0.05) is 6.42 Å². The number of esters is 1. The molecule has 0 radical (unpaired) electrons. The maximum atomic E-state index is 11.8. The van der Waals surface area contributed by atoms with E-state index in [0.29, 0.717) is 12.8 Å². The van der Waals surface area contributed by atoms with Crippen molar-refractivity contribution in [2.24, 2.45) is 0 Å². The highest BCUT2D eigenvalue weighted by Crippen LogP contribution is 2.47. The predicted molar refractivity (Wildman–Crippen MR) is 56.7 cm³/mol. The summed E-state index contributed by atoms with van der Waals surface area (Å²) in [7, 11) is -3.24. The van der Waals surface area contributed by atoms with Crippen LogP contribution in [0, 0.1) is 0 Å². The second-order valence-corrected chi connectivity index (χ2v) is 4.84. The molecule has 0 fully saturated rings. The molecular weight excluding hydrogens is 219 g/mol. The van der Waals surface area contributed by atoms with Crippen molar-refractivity contribution in [2.75, 3.05) is 19.6 Å². The minimum absolute atomic E-state index is 0.266. The molecule has 0 aliphatic carbocycles. The largest absolute Gasteiger partial charge is 0.453 e. The van der Waals surface area contributed by atoms with Gasteiger partial charge in [-0.25, -0.2) is 0 Å². The van der Waals surface area contributed by atoms with Crippen LogP contribution in [0.25, 0.3) is 0 Å². The minimum atomic E-state index is -3.24. The molecule has 15 heavy (non-hydrogen) atoms. The summed E-state index contributed by atoms with van der Waals surface area (Å²) in [6, 6.07) is 0. The van der Waals surface area contributed by atoms with Crippen molar-refractivity contribution in [3.05, 3.63) is 0 Å². The molecule has 0 amide bonds. The Morgan fingerprint density at radius 1 is 1.13 bits per heavy atom. The Balaban J connectivity index is 4.06. The Morgan fingerprint density at radius 2 is 1.67 bits per heavy atom. The van der Waals surface area contributed by atoms with Crippen molar-refractivity contribution in [1.29, 1.82) is 0 Å². The molecule has 5 nitrogen and oxygen atoms in total. The van der Waals surface area contributed by atoms with Gasteiger partial charge in [0.25, 0.3) is 0 Å². The third-order valence-electron chi connectivity index (χ3n) is 1.49. The third kappa shape index (κ3) is 6.66. The van der Waals surface area contributed by atoms with Crippen LogP contribution in [0.15, 0.2) is 0 Å². The second-order valence-electron chi connectivity index (χ2n) is 2.84. The lowest BCUT2D eigenvalue weighted by molar-refractivity contribution is -0.142. The van der Waals surface area contributed by atoms with Crippen LogP contribution in [-0.2, 0) is 23.1 Å². The number of hydrogen-bond donors (Lipinski definition) is 0. The first-order valence-corrected chi connectivity index (χ1v) is 6.84. The van der Waals surface area contributed by atoms with Gasteiger partial charge in [-0.2, -0.15) is 0 Å². The van der Waals surface area contributed by atoms with Crippen LogP contribution in [0.2, 0.25) is 0 Å². The van der Waals surface area contributed by atoms with E-state index in [1.54, 1.807) is 13.8 Å². The zero-order valence-corrected chi connectivity index (χ0v) is 10.4. The predicted octanol–water partition coefficient (Wildman–Crippen LogP) is 2.55. The fraction of sp³-hybridized carbons (Fsp3) is 0.889. The summed E-state index contributed by atoms with van der Waals surface area (Å²) in [6.07, 6.45) is 0.720. The van der Waals surface area contributed by atoms with Gasteiger partial charge in [-0.3, -0.25) is 9.36 Å². The van der Waals surface area contributed by atoms with Gasteiger partial charge in [-0.1, -0.05) is 6.92 Å². The van der Waals surface area contributed by atoms with Gasteiger partial charge < -0.3 is 13.8 Å². The Bertz CT molecular complexity index is 219. The van der Waals surface area contributed by atoms with Gasteiger partial charge in [-0.15, -0.1) is 0 Å². The van der Waals surface area contributed by atoms with Gasteiger partial charge in [0.1, 0.15) is 0 Å². The lowest BCUT2D eigenvalue weighted by atomic mass is 10.3. The maximum Gasteiger partial charge on any atom is 0.367 e. The van der Waals surface area contributed by atoms with Crippen LogP contribution < -0.4 is 0 Å². The second kappa shape index (κ2) is 7.85. The molecule has 0 unspecified atom stereocenters. The van der Waals surface area contributed by atoms with Crippen molar-refractivity contribution in [1.82, 2.24) is 0 Å². The zero-order valence-electron chi connectivity index (χ0n) is 9.52. The van der Waals surface area contributed by atoms with E-state index < -0.39 is 7.60 Å². The summed E-state index contributed by atoms with van der Waals surface area (Å²) in [5.74, 6) is -0.378. The van der Waals surface area contributed by atoms with E-state index >= 15 is 0 Å². The average Bonchev–Trinajstić information content (AvgIpc) is 2.16. The molecule has 0 N–H and O–H groups in total. The van der Waals surface area contributed by atoms with Gasteiger partial charge in [0.05, 0.1) is 13.2 Å². The summed E-state index contributed by atoms with van der Waals surface area (Å²) in [4.78, 5) is 11.0. The molecule has 0 aromatic carbocycles. The topological polar surface area (TPSA) is 61.8 Å². The van der Waals surface area contributed by atoms with Gasteiger partial charge in [0.2, 0.25) is 0 Å². The number of carbonyl (C=O) groups is 1. The Hall–Kier alpha value is -0.380. The molecule has 6 heteroatoms. The molecule has 0 aromatic rings. The van der Waals surface area contributed by atoms with Crippen molar-refractivity contribution in [2.45, 2.75) is 33.6 Å². The summed E-state index contributed by atoms with van der Waals surface area (Å²) < 4.78 is 26.5. The quantitative estimate of drug-likeness (QED) is 0.480. The minimum Gasteiger partial charge on any atom is -0.453 e. The van der Waals surface area contributed by atoms with E-state index in [1.807, 2.05) is 6.92 Å². The first kappa shape index (κ1) is 14.6. The zero-order chi connectivity index (χ0) is 11.7. The monoisotopic (exact) mass is 238 g/mol. The summed E-state index contributed by atoms with van der Waals surface area (Å²) in [5, 5.41) is 0. The van der Waals surface area contributed by atoms with Crippen LogP contribution in [0.5, 0.6) is 0 Å². The van der Waals surface area contributed by atoms with E-state index in [2.05, 4.69) is 0 Å². The number of rotatable bonds is 8. The highest BCUT2D eigenvalue weighted by atomic mass is 31.2. The molecule has 0 aromatic heterocycles. The number of ether oxygens (including phenoxy) is 1. The Labute approximate surface area is 90.6 Å². The standard InChI is InChI=1S/C9H19O5P/c1-4-7-9(10)12-8-15(11,13-5-2)14-6-3/h4-8H2,1-3H3. The fourth-order valence-corrected chi connectivity index (χ4v) is 2.25. The molecule has 0 atom stereocenters. The molecule has 0 aliphatic heterocycles. The van der Waals surface area contributed by atoms with Crippen molar-refractivity contribution < 1.29 is 23.1 Å². The van der Waals surface area contributed by atoms with Crippen LogP contribution >= 0.6 is 7.60 Å². The third-order valence-corrected chi connectivity index (χ3v) is 3.24. The molecule has 0 heterocycles. The van der Waals surface area contributed by atoms with E-state index in [0.717, 1.165) is 0 Å².